The predicted molar refractivity (Wildman–Crippen MR) is 376 cm³/mol. The molecule has 0 aliphatic heterocycles. The minimum Gasteiger partial charge on any atom is -0.549 e. The first kappa shape index (κ1) is 98.9. The van der Waals surface area contributed by atoms with Crippen LogP contribution in [-0.4, -0.2) is 47.0 Å². The molecule has 0 aliphatic rings. The van der Waals surface area contributed by atoms with Crippen molar-refractivity contribution in [2.75, 3.05) is 0 Å². The Morgan fingerprint density at radius 2 is 0.301 bits per heavy atom. The molecule has 0 saturated carbocycles. The van der Waals surface area contributed by atoms with Crippen LogP contribution in [0.1, 0.15) is 419 Å². The number of ketones is 4. The third-order valence-corrected chi connectivity index (χ3v) is 19.8. The molecule has 544 valence electrons. The zero-order chi connectivity index (χ0) is 70.9. The van der Waals surface area contributed by atoms with E-state index in [2.05, 4.69) is 55.4 Å². The van der Waals surface area contributed by atoms with Gasteiger partial charge in [0.25, 0.3) is 0 Å². The number of hydrogen-bond acceptors (Lipinski definition) is 12. The van der Waals surface area contributed by atoms with Crippen LogP contribution in [0.3, 0.4) is 0 Å². The van der Waals surface area contributed by atoms with E-state index in [9.17, 15) is 58.8 Å². The van der Waals surface area contributed by atoms with Crippen molar-refractivity contribution in [1.82, 2.24) is 0 Å². The second kappa shape index (κ2) is 62.8. The van der Waals surface area contributed by atoms with Gasteiger partial charge in [0.1, 0.15) is 23.1 Å². The van der Waals surface area contributed by atoms with E-state index in [0.717, 1.165) is 257 Å². The summed E-state index contributed by atoms with van der Waals surface area (Å²) in [7, 11) is 0. The summed E-state index contributed by atoms with van der Waals surface area (Å²) < 4.78 is 0. The SMILES string of the molecule is CCCCC(CCCC)C(=O)C(CCCC)(CCCC)C(=O)[O-].CCCCC(CCCC)C(=O)C(CCCC)(CCCC)C(=O)[O-].CCCCC(CCCC)C(=O)C(CCCC)(CCCC)C(=O)[O-].CCCCC(CCCC)C(=O)C(CCCC)(CCCC)C(=O)[O-].[Ti+4]. The van der Waals surface area contributed by atoms with Gasteiger partial charge >= 0.3 is 21.7 Å². The maximum atomic E-state index is 13.2. The van der Waals surface area contributed by atoms with Crippen LogP contribution in [0.25, 0.3) is 0 Å². The molecule has 13 heteroatoms. The molecule has 0 heterocycles. The zero-order valence-electron chi connectivity index (χ0n) is 63.6. The molecule has 93 heavy (non-hydrogen) atoms. The van der Waals surface area contributed by atoms with Crippen molar-refractivity contribution in [3.63, 3.8) is 0 Å². The number of unbranched alkanes of at least 4 members (excludes halogenated alkanes) is 16. The molecule has 12 nitrogen and oxygen atoms in total. The Hall–Kier alpha value is -2.73. The van der Waals surface area contributed by atoms with Crippen molar-refractivity contribution in [1.29, 1.82) is 0 Å². The van der Waals surface area contributed by atoms with Crippen LogP contribution in [0.2, 0.25) is 0 Å². The molecular formula is C80H148O12Ti. The van der Waals surface area contributed by atoms with Crippen molar-refractivity contribution >= 4 is 47.0 Å². The van der Waals surface area contributed by atoms with Crippen molar-refractivity contribution in [3.05, 3.63) is 0 Å². The Morgan fingerprint density at radius 3 is 0.376 bits per heavy atom. The average molecular weight is 1350 g/mol. The van der Waals surface area contributed by atoms with Gasteiger partial charge in [0.2, 0.25) is 0 Å². The summed E-state index contributed by atoms with van der Waals surface area (Å²) in [4.78, 5) is 101. The van der Waals surface area contributed by atoms with E-state index in [0.29, 0.717) is 51.4 Å². The van der Waals surface area contributed by atoms with Gasteiger partial charge in [-0.15, -0.1) is 0 Å². The molecule has 0 fully saturated rings. The summed E-state index contributed by atoms with van der Waals surface area (Å²) in [5, 5.41) is 48.0. The molecule has 0 radical (unpaired) electrons. The molecule has 0 unspecified atom stereocenters. The number of aliphatic carboxylic acids is 4. The maximum Gasteiger partial charge on any atom is 4.00 e. The molecule has 0 saturated heterocycles. The quantitative estimate of drug-likeness (QED) is 0.0409. The molecule has 0 N–H and O–H groups in total. The van der Waals surface area contributed by atoms with Gasteiger partial charge in [-0.1, -0.05) is 316 Å². The summed E-state index contributed by atoms with van der Waals surface area (Å²) in [6, 6.07) is 0. The number of carboxylic acid groups (broad SMARTS) is 4. The second-order valence-electron chi connectivity index (χ2n) is 27.7. The van der Waals surface area contributed by atoms with E-state index in [-0.39, 0.29) is 68.5 Å². The van der Waals surface area contributed by atoms with Crippen LogP contribution in [0, 0.1) is 45.3 Å². The first-order chi connectivity index (χ1) is 44.0. The molecule has 0 spiro atoms. The van der Waals surface area contributed by atoms with Crippen molar-refractivity contribution in [2.45, 2.75) is 419 Å². The molecule has 0 amide bonds. The zero-order valence-corrected chi connectivity index (χ0v) is 65.2. The van der Waals surface area contributed by atoms with E-state index in [1.807, 2.05) is 55.4 Å². The second-order valence-corrected chi connectivity index (χ2v) is 27.7. The fourth-order valence-electron chi connectivity index (χ4n) is 13.3. The van der Waals surface area contributed by atoms with E-state index in [1.54, 1.807) is 0 Å². The van der Waals surface area contributed by atoms with Gasteiger partial charge in [-0.25, -0.2) is 0 Å². The molecule has 0 aliphatic carbocycles. The van der Waals surface area contributed by atoms with Crippen LogP contribution in [0.4, 0.5) is 0 Å². The Bertz CT molecular complexity index is 1550. The number of carbonyl (C=O) groups is 8. The summed E-state index contributed by atoms with van der Waals surface area (Å²) in [6.07, 6.45) is 39.8. The molecule has 0 rings (SSSR count). The number of hydrogen-bond donors (Lipinski definition) is 0. The topological polar surface area (TPSA) is 229 Å². The van der Waals surface area contributed by atoms with E-state index in [1.165, 1.54) is 0 Å². The van der Waals surface area contributed by atoms with Crippen molar-refractivity contribution < 1.29 is 80.5 Å². The third-order valence-electron chi connectivity index (χ3n) is 19.8. The summed E-state index contributed by atoms with van der Waals surface area (Å²) >= 11 is 0. The van der Waals surface area contributed by atoms with Gasteiger partial charge in [-0.3, -0.25) is 19.2 Å². The van der Waals surface area contributed by atoms with Crippen LogP contribution >= 0.6 is 0 Å². The van der Waals surface area contributed by atoms with Gasteiger partial charge in [-0.05, 0) is 103 Å². The molecular weight excluding hydrogens is 1200 g/mol. The van der Waals surface area contributed by atoms with E-state index in [4.69, 9.17) is 0 Å². The molecule has 0 aromatic heterocycles. The Labute approximate surface area is 588 Å². The average Bonchev–Trinajstić information content (AvgIpc) is 1.01. The van der Waals surface area contributed by atoms with Gasteiger partial charge in [0.15, 0.2) is 0 Å². The van der Waals surface area contributed by atoms with Gasteiger partial charge in [-0.2, -0.15) is 0 Å². The molecule has 0 aromatic rings. The Balaban J connectivity index is -0.000000369. The standard InChI is InChI=1S/4C20H38O3.Ti/c4*1-5-9-13-17(14-10-6-2)18(21)20(19(22)23,15-11-7-3)16-12-8-4;/h4*17H,5-16H2,1-4H3,(H,22,23);/q;;;;+4/p-4. The first-order valence-electron chi connectivity index (χ1n) is 39.0. The first-order valence-corrected chi connectivity index (χ1v) is 39.0. The monoisotopic (exact) mass is 1350 g/mol. The Kier molecular flexibility index (Phi) is 66.8. The Morgan fingerprint density at radius 1 is 0.204 bits per heavy atom. The van der Waals surface area contributed by atoms with Gasteiger partial charge in [0, 0.05) is 23.7 Å². The summed E-state index contributed by atoms with van der Waals surface area (Å²) in [6.45, 7) is 33.2. The summed E-state index contributed by atoms with van der Waals surface area (Å²) in [5.41, 5.74) is -5.01. The van der Waals surface area contributed by atoms with E-state index >= 15 is 0 Å². The predicted octanol–water partition coefficient (Wildman–Crippen LogP) is 18.7. The largest absolute Gasteiger partial charge is 4.00 e. The van der Waals surface area contributed by atoms with Gasteiger partial charge in [0.05, 0.1) is 45.5 Å². The molecule has 0 aromatic carbocycles. The molecule has 0 atom stereocenters. The van der Waals surface area contributed by atoms with Crippen molar-refractivity contribution in [3.8, 4) is 0 Å². The number of rotatable bonds is 60. The minimum atomic E-state index is -1.25. The van der Waals surface area contributed by atoms with Crippen LogP contribution in [0.5, 0.6) is 0 Å². The van der Waals surface area contributed by atoms with Gasteiger partial charge < -0.3 is 39.6 Å². The summed E-state index contributed by atoms with van der Waals surface area (Å²) in [5.74, 6) is -5.15. The van der Waals surface area contributed by atoms with E-state index < -0.39 is 45.5 Å². The fraction of sp³-hybridized carbons (Fsp3) is 0.900. The fourth-order valence-corrected chi connectivity index (χ4v) is 13.3. The minimum absolute atomic E-state index is 0. The van der Waals surface area contributed by atoms with Crippen LogP contribution in [0.15, 0.2) is 0 Å². The van der Waals surface area contributed by atoms with Crippen molar-refractivity contribution in [2.24, 2.45) is 45.3 Å². The number of carboxylic acids is 4. The van der Waals surface area contributed by atoms with Crippen LogP contribution in [-0.2, 0) is 60.1 Å². The smallest absolute Gasteiger partial charge is 0.549 e. The van der Waals surface area contributed by atoms with Crippen LogP contribution < -0.4 is 20.4 Å². The number of Topliss-reactive ketones (excluding diaryl/α,β-unsaturated/α-hetero) is 4. The maximum absolute atomic E-state index is 13.2. The number of carbonyl (C=O) groups excluding carboxylic acids is 8. The molecule has 0 bridgehead atoms. The normalized spacial score (nSPS) is 11.7. The third kappa shape index (κ3) is 38.3.